The molecule has 4 aromatic rings. The predicted octanol–water partition coefficient (Wildman–Crippen LogP) is 6.29. The van der Waals surface area contributed by atoms with Gasteiger partial charge in [0.05, 0.1) is 16.5 Å². The van der Waals surface area contributed by atoms with Crippen LogP contribution in [-0.2, 0) is 13.1 Å². The van der Waals surface area contributed by atoms with Crippen molar-refractivity contribution in [3.05, 3.63) is 72.1 Å². The van der Waals surface area contributed by atoms with E-state index < -0.39 is 0 Å². The Morgan fingerprint density at radius 3 is 1.65 bits per heavy atom. The van der Waals surface area contributed by atoms with Crippen molar-refractivity contribution in [1.82, 2.24) is 0 Å². The van der Waals surface area contributed by atoms with Gasteiger partial charge in [-0.1, -0.05) is 49.9 Å². The summed E-state index contributed by atoms with van der Waals surface area (Å²) in [6, 6.07) is 20.6. The lowest BCUT2D eigenvalue weighted by Gasteiger charge is -2.07. The zero-order valence-corrected chi connectivity index (χ0v) is 20.8. The molecule has 3 N–H and O–H groups in total. The fourth-order valence-corrected chi connectivity index (χ4v) is 5.19. The Hall–Kier alpha value is -3.14. The summed E-state index contributed by atoms with van der Waals surface area (Å²) in [6.07, 6.45) is 10.2. The van der Waals surface area contributed by atoms with Crippen molar-refractivity contribution >= 4 is 27.5 Å². The molecule has 0 amide bonds. The zero-order valence-electron chi connectivity index (χ0n) is 20.8. The number of hydrogen-bond donors (Lipinski definition) is 2. The van der Waals surface area contributed by atoms with Crippen molar-refractivity contribution in [2.75, 3.05) is 5.73 Å². The summed E-state index contributed by atoms with van der Waals surface area (Å²) in [5.74, 6) is 0.377. The smallest absolute Gasteiger partial charge is 0.216 e. The van der Waals surface area contributed by atoms with Gasteiger partial charge in [-0.25, -0.2) is 0 Å². The standard InChI is InChI=1S/C30H37N3O/c1-23-21-27(31)25-15-9-11-17-28(25)32(23)19-13-7-5-3-4-6-8-14-20-33-24(2)22-30(34)26-16-10-12-18-29(26)33/h9-12,15-18,21-22,31H,3-8,13-14,19-20H2,1-2H3/p+2. The highest BCUT2D eigenvalue weighted by Crippen LogP contribution is 2.23. The fraction of sp³-hybridized carbons (Fsp3) is 0.400. The molecule has 0 unspecified atom stereocenters. The molecule has 4 nitrogen and oxygen atoms in total. The molecule has 4 heteroatoms. The molecule has 2 heterocycles. The van der Waals surface area contributed by atoms with E-state index in [4.69, 9.17) is 5.73 Å². The van der Waals surface area contributed by atoms with E-state index in [1.165, 1.54) is 62.6 Å². The number of pyridine rings is 2. The van der Waals surface area contributed by atoms with Gasteiger partial charge in [-0.05, 0) is 25.0 Å². The molecule has 0 saturated heterocycles. The summed E-state index contributed by atoms with van der Waals surface area (Å²) >= 11 is 0. The number of nitrogen functional groups attached to an aromatic ring is 1. The van der Waals surface area contributed by atoms with Crippen molar-refractivity contribution in [3.63, 3.8) is 0 Å². The maximum absolute atomic E-state index is 10.2. The fourth-order valence-electron chi connectivity index (χ4n) is 5.19. The molecule has 0 aliphatic rings. The number of aromatic hydroxyl groups is 1. The van der Waals surface area contributed by atoms with Crippen LogP contribution < -0.4 is 14.9 Å². The van der Waals surface area contributed by atoms with Crippen LogP contribution in [0.5, 0.6) is 5.75 Å². The minimum absolute atomic E-state index is 0.377. The van der Waals surface area contributed by atoms with Crippen LogP contribution in [0.2, 0.25) is 0 Å². The molecular weight excluding hydrogens is 418 g/mol. The first-order valence-electron chi connectivity index (χ1n) is 12.8. The van der Waals surface area contributed by atoms with Crippen molar-refractivity contribution in [1.29, 1.82) is 0 Å². The number of nitrogens with two attached hydrogens (primary N) is 1. The van der Waals surface area contributed by atoms with Gasteiger partial charge in [0.2, 0.25) is 11.0 Å². The van der Waals surface area contributed by atoms with Crippen LogP contribution in [0.1, 0.15) is 62.8 Å². The number of fused-ring (bicyclic) bond motifs is 2. The van der Waals surface area contributed by atoms with E-state index in [-0.39, 0.29) is 0 Å². The Kier molecular flexibility index (Phi) is 7.99. The lowest BCUT2D eigenvalue weighted by molar-refractivity contribution is -0.678. The van der Waals surface area contributed by atoms with Crippen LogP contribution in [-0.4, -0.2) is 5.11 Å². The first-order chi connectivity index (χ1) is 16.6. The summed E-state index contributed by atoms with van der Waals surface area (Å²) < 4.78 is 4.76. The Morgan fingerprint density at radius 2 is 1.06 bits per heavy atom. The molecule has 0 bridgehead atoms. The second-order valence-corrected chi connectivity index (χ2v) is 9.58. The van der Waals surface area contributed by atoms with Crippen LogP contribution in [0.3, 0.4) is 0 Å². The summed E-state index contributed by atoms with van der Waals surface area (Å²) in [7, 11) is 0. The minimum Gasteiger partial charge on any atom is -0.507 e. The van der Waals surface area contributed by atoms with Crippen LogP contribution in [0.4, 0.5) is 5.69 Å². The normalized spacial score (nSPS) is 11.5. The first kappa shape index (κ1) is 24.0. The number of aromatic nitrogens is 2. The zero-order chi connectivity index (χ0) is 23.9. The van der Waals surface area contributed by atoms with E-state index in [2.05, 4.69) is 59.4 Å². The van der Waals surface area contributed by atoms with Gasteiger partial charge in [0.1, 0.15) is 18.8 Å². The predicted molar refractivity (Wildman–Crippen MR) is 141 cm³/mol. The number of unbranched alkanes of at least 4 members (excludes halogenated alkanes) is 7. The van der Waals surface area contributed by atoms with E-state index >= 15 is 0 Å². The third kappa shape index (κ3) is 5.49. The summed E-state index contributed by atoms with van der Waals surface area (Å²) in [5, 5.41) is 12.3. The van der Waals surface area contributed by atoms with Gasteiger partial charge in [-0.2, -0.15) is 9.13 Å². The quantitative estimate of drug-likeness (QED) is 0.205. The molecule has 0 aliphatic carbocycles. The minimum atomic E-state index is 0.377. The van der Waals surface area contributed by atoms with Gasteiger partial charge in [-0.3, -0.25) is 0 Å². The highest BCUT2D eigenvalue weighted by molar-refractivity contribution is 5.87. The lowest BCUT2D eigenvalue weighted by Crippen LogP contribution is -2.38. The molecular formula is C30H39N3O+2. The molecule has 178 valence electrons. The molecule has 0 saturated carbocycles. The summed E-state index contributed by atoms with van der Waals surface area (Å²) in [4.78, 5) is 0. The lowest BCUT2D eigenvalue weighted by atomic mass is 10.1. The summed E-state index contributed by atoms with van der Waals surface area (Å²) in [6.45, 7) is 6.31. The number of nitrogens with zero attached hydrogens (tertiary/aromatic N) is 2. The summed E-state index contributed by atoms with van der Waals surface area (Å²) in [5.41, 5.74) is 11.8. The molecule has 0 aliphatic heterocycles. The molecule has 2 aromatic carbocycles. The van der Waals surface area contributed by atoms with E-state index in [9.17, 15) is 5.11 Å². The number of aryl methyl sites for hydroxylation is 4. The topological polar surface area (TPSA) is 54.0 Å². The van der Waals surface area contributed by atoms with Crippen LogP contribution in [0.15, 0.2) is 60.7 Å². The number of hydrogen-bond acceptors (Lipinski definition) is 2. The first-order valence-corrected chi connectivity index (χ1v) is 12.8. The Labute approximate surface area is 203 Å². The highest BCUT2D eigenvalue weighted by atomic mass is 16.3. The van der Waals surface area contributed by atoms with Crippen molar-refractivity contribution in [3.8, 4) is 5.75 Å². The SMILES string of the molecule is Cc1cc(N)c2ccccc2[n+]1CCCCCCCCCC[n+]1c(C)cc(O)c2ccccc21. The maximum atomic E-state index is 10.2. The molecule has 2 aromatic heterocycles. The van der Waals surface area contributed by atoms with Crippen LogP contribution in [0, 0.1) is 13.8 Å². The number of anilines is 1. The third-order valence-electron chi connectivity index (χ3n) is 7.05. The van der Waals surface area contributed by atoms with E-state index in [1.807, 2.05) is 24.3 Å². The van der Waals surface area contributed by atoms with Crippen molar-refractivity contribution in [2.24, 2.45) is 0 Å². The van der Waals surface area contributed by atoms with Gasteiger partial charge in [0.25, 0.3) is 0 Å². The van der Waals surface area contributed by atoms with E-state index in [0.29, 0.717) is 5.75 Å². The van der Waals surface area contributed by atoms with Gasteiger partial charge < -0.3 is 10.8 Å². The molecule has 4 rings (SSSR count). The van der Waals surface area contributed by atoms with Gasteiger partial charge in [-0.15, -0.1) is 0 Å². The molecule has 0 atom stereocenters. The van der Waals surface area contributed by atoms with Crippen LogP contribution in [0.25, 0.3) is 21.8 Å². The van der Waals surface area contributed by atoms with Gasteiger partial charge in [0, 0.05) is 51.0 Å². The second-order valence-electron chi connectivity index (χ2n) is 9.58. The van der Waals surface area contributed by atoms with Crippen LogP contribution >= 0.6 is 0 Å². The number of rotatable bonds is 11. The third-order valence-corrected chi connectivity index (χ3v) is 7.05. The van der Waals surface area contributed by atoms with E-state index in [0.717, 1.165) is 40.8 Å². The monoisotopic (exact) mass is 457 g/mol. The van der Waals surface area contributed by atoms with Gasteiger partial charge in [0.15, 0.2) is 11.4 Å². The Bertz CT molecular complexity index is 1170. The van der Waals surface area contributed by atoms with Crippen molar-refractivity contribution < 1.29 is 14.2 Å². The maximum Gasteiger partial charge on any atom is 0.216 e. The molecule has 0 spiro atoms. The Balaban J connectivity index is 1.15. The number of benzene rings is 2. The van der Waals surface area contributed by atoms with Gasteiger partial charge >= 0.3 is 0 Å². The average Bonchev–Trinajstić information content (AvgIpc) is 2.83. The highest BCUT2D eigenvalue weighted by Gasteiger charge is 2.16. The molecule has 0 radical (unpaired) electrons. The van der Waals surface area contributed by atoms with Crippen molar-refractivity contribution in [2.45, 2.75) is 78.3 Å². The second kappa shape index (κ2) is 11.3. The van der Waals surface area contributed by atoms with E-state index in [1.54, 1.807) is 0 Å². The number of para-hydroxylation sites is 2. The Morgan fingerprint density at radius 1 is 0.618 bits per heavy atom. The molecule has 0 fully saturated rings. The molecule has 34 heavy (non-hydrogen) atoms. The largest absolute Gasteiger partial charge is 0.507 e. The average molecular weight is 458 g/mol.